The molecule has 0 amide bonds. The van der Waals surface area contributed by atoms with Gasteiger partial charge in [0.2, 0.25) is 11.6 Å². The number of ether oxygens (including phenoxy) is 6. The number of hydrogen-bond donors (Lipinski definition) is 0. The van der Waals surface area contributed by atoms with Crippen LogP contribution < -0.4 is 0 Å². The van der Waals surface area contributed by atoms with Crippen LogP contribution in [0.2, 0.25) is 0 Å². The van der Waals surface area contributed by atoms with Crippen molar-refractivity contribution in [2.75, 3.05) is 7.11 Å². The number of methoxy groups -OCH3 is 1. The first-order valence-corrected chi connectivity index (χ1v) is 17.6. The molecule has 0 radical (unpaired) electrons. The number of fused-ring (bicyclic) bond motifs is 2. The van der Waals surface area contributed by atoms with E-state index in [1.807, 2.05) is 13.8 Å². The highest BCUT2D eigenvalue weighted by Gasteiger charge is 2.99. The first-order chi connectivity index (χ1) is 22.0. The number of epoxide rings is 2. The Labute approximate surface area is 274 Å². The maximum atomic E-state index is 13.3. The Balaban J connectivity index is 1.19. The summed E-state index contributed by atoms with van der Waals surface area (Å²) in [5.74, 6) is -4.90. The van der Waals surface area contributed by atoms with Crippen molar-refractivity contribution in [3.8, 4) is 0 Å². The molecule has 9 heteroatoms. The normalized spacial score (nSPS) is 35.2. The van der Waals surface area contributed by atoms with Crippen LogP contribution in [0.15, 0.2) is 36.0 Å². The summed E-state index contributed by atoms with van der Waals surface area (Å²) < 4.78 is 35.8. The smallest absolute Gasteiger partial charge is 0.347 e. The molecule has 9 nitrogen and oxygen atoms in total. The third-order valence-corrected chi connectivity index (χ3v) is 10.6. The lowest BCUT2D eigenvalue weighted by Crippen LogP contribution is -2.40. The standard InChI is InChI=1S/C37H54O9/c1-7-8-9-10-11-12-13-14-15-16-17-18-19-20-30(38)42-28-21-26(24(2)3)23-35-36(45-35,34(40)41-6)33-37(44-33,46-35)31(25(4)5)29-22-27(28)32(39)43-29/h22,26,28-29,31,33H,2,4,7-21,23H2,1,3,5-6H3/t26-,28+,29-,31-,33-,35-,36-,37+/m1/s1. The highest BCUT2D eigenvalue weighted by atomic mass is 17.0. The zero-order chi connectivity index (χ0) is 33.1. The summed E-state index contributed by atoms with van der Waals surface area (Å²) in [7, 11) is 1.31. The fourth-order valence-electron chi connectivity index (χ4n) is 7.94. The van der Waals surface area contributed by atoms with Gasteiger partial charge in [-0.1, -0.05) is 108 Å². The molecule has 3 saturated heterocycles. The topological polar surface area (TPSA) is 113 Å². The van der Waals surface area contributed by atoms with E-state index in [4.69, 9.17) is 28.4 Å². The Morgan fingerprint density at radius 1 is 0.913 bits per heavy atom. The number of carbonyl (C=O) groups is 3. The van der Waals surface area contributed by atoms with Gasteiger partial charge in [0.15, 0.2) is 6.10 Å². The van der Waals surface area contributed by atoms with E-state index >= 15 is 0 Å². The van der Waals surface area contributed by atoms with Crippen molar-refractivity contribution < 1.29 is 42.8 Å². The number of unbranched alkanes of at least 4 members (excludes halogenated alkanes) is 12. The van der Waals surface area contributed by atoms with Gasteiger partial charge in [0, 0.05) is 12.8 Å². The minimum absolute atomic E-state index is 0.266. The Morgan fingerprint density at radius 3 is 2.09 bits per heavy atom. The number of rotatable bonds is 18. The summed E-state index contributed by atoms with van der Waals surface area (Å²) in [4.78, 5) is 39.6. The number of allylic oxidation sites excluding steroid dienone is 1. The molecule has 0 saturated carbocycles. The maximum absolute atomic E-state index is 13.3. The van der Waals surface area contributed by atoms with Gasteiger partial charge >= 0.3 is 17.9 Å². The van der Waals surface area contributed by atoms with Crippen molar-refractivity contribution in [1.29, 1.82) is 0 Å². The molecule has 4 bridgehead atoms. The fraction of sp³-hybridized carbons (Fsp3) is 0.757. The van der Waals surface area contributed by atoms with E-state index in [9.17, 15) is 14.4 Å². The van der Waals surface area contributed by atoms with Crippen LogP contribution in [-0.2, 0) is 42.8 Å². The second-order valence-corrected chi connectivity index (χ2v) is 14.2. The SMILES string of the molecule is C=C(C)[C@@H]1C[C@H](OC(=O)CCCCCCCCCCCCCCC)C2=C[C@@H](OC2=O)[C@@H](C(=C)C)[C@@]23O[C@@H]2[C@]2(C(=O)OC)O[C@]2(C1)O3. The lowest BCUT2D eigenvalue weighted by Gasteiger charge is -2.30. The van der Waals surface area contributed by atoms with Crippen molar-refractivity contribution in [2.24, 2.45) is 11.8 Å². The van der Waals surface area contributed by atoms with Crippen LogP contribution in [-0.4, -0.2) is 60.5 Å². The average molecular weight is 643 g/mol. The van der Waals surface area contributed by atoms with Crippen LogP contribution in [0.4, 0.5) is 0 Å². The molecule has 256 valence electrons. The van der Waals surface area contributed by atoms with Gasteiger partial charge in [-0.3, -0.25) is 4.79 Å². The summed E-state index contributed by atoms with van der Waals surface area (Å²) in [5.41, 5.74) is 0.333. The van der Waals surface area contributed by atoms with Crippen molar-refractivity contribution >= 4 is 17.9 Å². The number of carbonyl (C=O) groups excluding carboxylic acids is 3. The summed E-state index contributed by atoms with van der Waals surface area (Å²) >= 11 is 0. The summed E-state index contributed by atoms with van der Waals surface area (Å²) in [6.45, 7) is 14.3. The van der Waals surface area contributed by atoms with Gasteiger partial charge in [0.1, 0.15) is 12.2 Å². The van der Waals surface area contributed by atoms with Crippen LogP contribution >= 0.6 is 0 Å². The molecule has 0 aromatic carbocycles. The second kappa shape index (κ2) is 14.3. The zero-order valence-electron chi connectivity index (χ0n) is 28.4. The lowest BCUT2D eigenvalue weighted by atomic mass is 9.81. The third kappa shape index (κ3) is 6.61. The molecule has 3 fully saturated rings. The quantitative estimate of drug-likeness (QED) is 0.0505. The summed E-state index contributed by atoms with van der Waals surface area (Å²) in [6.07, 6.45) is 16.1. The zero-order valence-corrected chi connectivity index (χ0v) is 28.4. The fourth-order valence-corrected chi connectivity index (χ4v) is 7.94. The van der Waals surface area contributed by atoms with Gasteiger partial charge in [0.05, 0.1) is 18.6 Å². The number of hydrogen-bond acceptors (Lipinski definition) is 9. The van der Waals surface area contributed by atoms with E-state index in [1.54, 1.807) is 6.08 Å². The van der Waals surface area contributed by atoms with Crippen molar-refractivity contribution in [1.82, 2.24) is 0 Å². The van der Waals surface area contributed by atoms with Crippen LogP contribution in [0, 0.1) is 11.8 Å². The van der Waals surface area contributed by atoms with Crippen LogP contribution in [0.3, 0.4) is 0 Å². The van der Waals surface area contributed by atoms with E-state index in [0.717, 1.165) is 24.8 Å². The highest BCUT2D eigenvalue weighted by Crippen LogP contribution is 2.75. The largest absolute Gasteiger partial charge is 0.467 e. The minimum atomic E-state index is -1.43. The molecule has 5 heterocycles. The van der Waals surface area contributed by atoms with Gasteiger partial charge in [-0.25, -0.2) is 9.59 Å². The predicted molar refractivity (Wildman–Crippen MR) is 171 cm³/mol. The van der Waals surface area contributed by atoms with E-state index in [-0.39, 0.29) is 31.1 Å². The first-order valence-electron chi connectivity index (χ1n) is 17.6. The number of esters is 3. The van der Waals surface area contributed by atoms with Gasteiger partial charge in [-0.15, -0.1) is 0 Å². The molecular weight excluding hydrogens is 588 g/mol. The molecule has 0 N–H and O–H groups in total. The van der Waals surface area contributed by atoms with E-state index in [2.05, 4.69) is 20.1 Å². The van der Waals surface area contributed by atoms with Crippen LogP contribution in [0.1, 0.15) is 124 Å². The molecular formula is C37H54O9. The molecule has 46 heavy (non-hydrogen) atoms. The van der Waals surface area contributed by atoms with Gasteiger partial charge in [-0.05, 0) is 38.7 Å². The summed E-state index contributed by atoms with van der Waals surface area (Å²) in [5, 5.41) is 0. The predicted octanol–water partition coefficient (Wildman–Crippen LogP) is 7.17. The summed E-state index contributed by atoms with van der Waals surface area (Å²) in [6, 6.07) is 0. The molecule has 0 unspecified atom stereocenters. The molecule has 5 aliphatic heterocycles. The van der Waals surface area contributed by atoms with Gasteiger partial charge < -0.3 is 28.4 Å². The average Bonchev–Trinajstić information content (AvgIpc) is 3.82. The second-order valence-electron chi connectivity index (χ2n) is 14.2. The maximum Gasteiger partial charge on any atom is 0.347 e. The monoisotopic (exact) mass is 642 g/mol. The minimum Gasteiger partial charge on any atom is -0.467 e. The van der Waals surface area contributed by atoms with Crippen LogP contribution in [0.25, 0.3) is 0 Å². The van der Waals surface area contributed by atoms with Crippen molar-refractivity contribution in [3.05, 3.63) is 36.0 Å². The molecule has 0 aliphatic carbocycles. The van der Waals surface area contributed by atoms with Gasteiger partial charge in [-0.2, -0.15) is 0 Å². The molecule has 8 atom stereocenters. The lowest BCUT2D eigenvalue weighted by molar-refractivity contribution is -0.186. The third-order valence-electron chi connectivity index (χ3n) is 10.6. The van der Waals surface area contributed by atoms with Crippen LogP contribution in [0.5, 0.6) is 0 Å². The molecule has 0 aromatic rings. The van der Waals surface area contributed by atoms with E-state index < -0.39 is 53.3 Å². The Bertz CT molecular complexity index is 1220. The van der Waals surface area contributed by atoms with E-state index in [0.29, 0.717) is 11.1 Å². The Morgan fingerprint density at radius 2 is 1.52 bits per heavy atom. The first kappa shape index (κ1) is 34.8. The Kier molecular flexibility index (Phi) is 10.8. The van der Waals surface area contributed by atoms with Gasteiger partial charge in [0.25, 0.3) is 5.60 Å². The highest BCUT2D eigenvalue weighted by molar-refractivity contribution is 5.93. The molecule has 5 aliphatic rings. The molecule has 5 rings (SSSR count). The molecule has 2 spiro atoms. The molecule has 0 aromatic heterocycles. The van der Waals surface area contributed by atoms with E-state index in [1.165, 1.54) is 71.3 Å². The van der Waals surface area contributed by atoms with Crippen molar-refractivity contribution in [3.63, 3.8) is 0 Å². The Hall–Kier alpha value is -2.49. The van der Waals surface area contributed by atoms with Crippen molar-refractivity contribution in [2.45, 2.75) is 159 Å².